The standard InChI is InChI=1S/C18H34N4O12/c19-15(33)17(9-25,3-11(27)7-23)21(5-13(29)30)1-2-22(6-14(31)32)18(10-26,16(20)34)4-12(28)8-24/h11-12,23-28H,1-10H2,(H2,19,33)(H2,20,34)(H,29,30)(H,31,32). The Morgan fingerprint density at radius 2 is 0.971 bits per heavy atom. The van der Waals surface area contributed by atoms with Crippen LogP contribution in [0.3, 0.4) is 0 Å². The Bertz CT molecular complexity index is 652. The van der Waals surface area contributed by atoms with Crippen molar-refractivity contribution >= 4 is 23.8 Å². The highest BCUT2D eigenvalue weighted by atomic mass is 16.4. The van der Waals surface area contributed by atoms with Crippen molar-refractivity contribution in [2.24, 2.45) is 11.5 Å². The first-order valence-corrected chi connectivity index (χ1v) is 10.1. The van der Waals surface area contributed by atoms with E-state index in [-0.39, 0.29) is 0 Å². The topological polar surface area (TPSA) is 289 Å². The Labute approximate surface area is 194 Å². The lowest BCUT2D eigenvalue weighted by Crippen LogP contribution is -2.67. The van der Waals surface area contributed by atoms with Gasteiger partial charge in [0.2, 0.25) is 11.8 Å². The SMILES string of the molecule is NC(=O)C(CO)(CC(O)CO)N(CCN(CC(=O)O)C(CO)(CC(O)CO)C(N)=O)CC(=O)O. The quantitative estimate of drug-likeness (QED) is 0.0792. The van der Waals surface area contributed by atoms with Crippen LogP contribution in [0.2, 0.25) is 0 Å². The maximum Gasteiger partial charge on any atom is 0.317 e. The van der Waals surface area contributed by atoms with Crippen LogP contribution in [-0.2, 0) is 19.2 Å². The van der Waals surface area contributed by atoms with Crippen molar-refractivity contribution < 1.29 is 60.0 Å². The molecule has 0 aliphatic carbocycles. The van der Waals surface area contributed by atoms with E-state index in [9.17, 15) is 49.8 Å². The van der Waals surface area contributed by atoms with Gasteiger partial charge in [-0.3, -0.25) is 29.0 Å². The number of carbonyl (C=O) groups is 4. The van der Waals surface area contributed by atoms with E-state index in [1.165, 1.54) is 0 Å². The van der Waals surface area contributed by atoms with E-state index >= 15 is 0 Å². The van der Waals surface area contributed by atoms with Crippen molar-refractivity contribution in [3.05, 3.63) is 0 Å². The number of aliphatic carboxylic acids is 2. The zero-order valence-corrected chi connectivity index (χ0v) is 18.5. The summed E-state index contributed by atoms with van der Waals surface area (Å²) in [5, 5.41) is 76.4. The first kappa shape index (κ1) is 31.6. The molecule has 34 heavy (non-hydrogen) atoms. The van der Waals surface area contributed by atoms with Gasteiger partial charge in [0.05, 0.1) is 51.7 Å². The smallest absolute Gasteiger partial charge is 0.317 e. The molecule has 16 heteroatoms. The van der Waals surface area contributed by atoms with E-state index in [0.29, 0.717) is 0 Å². The lowest BCUT2D eigenvalue weighted by molar-refractivity contribution is -0.152. The van der Waals surface area contributed by atoms with Crippen LogP contribution in [0, 0.1) is 0 Å². The molecule has 0 aromatic carbocycles. The number of carboxylic acid groups (broad SMARTS) is 2. The zero-order chi connectivity index (χ0) is 26.7. The summed E-state index contributed by atoms with van der Waals surface area (Å²) in [6.07, 6.45) is -4.56. The van der Waals surface area contributed by atoms with Crippen LogP contribution in [0.5, 0.6) is 0 Å². The van der Waals surface area contributed by atoms with E-state index in [1.54, 1.807) is 0 Å². The van der Waals surface area contributed by atoms with Crippen molar-refractivity contribution in [2.45, 2.75) is 36.1 Å². The number of aliphatic hydroxyl groups excluding tert-OH is 6. The number of hydrogen-bond acceptors (Lipinski definition) is 12. The van der Waals surface area contributed by atoms with Gasteiger partial charge in [0, 0.05) is 25.9 Å². The molecule has 0 aliphatic heterocycles. The number of nitrogens with zero attached hydrogens (tertiary/aromatic N) is 2. The molecule has 0 aromatic heterocycles. The van der Waals surface area contributed by atoms with Gasteiger partial charge < -0.3 is 52.3 Å². The first-order valence-electron chi connectivity index (χ1n) is 10.1. The lowest BCUT2D eigenvalue weighted by atomic mass is 9.88. The molecule has 4 atom stereocenters. The first-order chi connectivity index (χ1) is 15.8. The van der Waals surface area contributed by atoms with Crippen molar-refractivity contribution in [3.8, 4) is 0 Å². The molecule has 2 amide bonds. The second kappa shape index (κ2) is 14.1. The van der Waals surface area contributed by atoms with Gasteiger partial charge in [0.25, 0.3) is 0 Å². The minimum Gasteiger partial charge on any atom is -0.480 e. The van der Waals surface area contributed by atoms with Crippen LogP contribution in [0.25, 0.3) is 0 Å². The summed E-state index contributed by atoms with van der Waals surface area (Å²) in [6.45, 7) is -6.89. The highest BCUT2D eigenvalue weighted by Crippen LogP contribution is 2.25. The molecule has 4 unspecified atom stereocenters. The van der Waals surface area contributed by atoms with Crippen molar-refractivity contribution in [2.75, 3.05) is 52.6 Å². The van der Waals surface area contributed by atoms with Crippen molar-refractivity contribution in [1.29, 1.82) is 0 Å². The number of carboxylic acids is 2. The Hall–Kier alpha value is -2.44. The molecule has 12 N–H and O–H groups in total. The number of rotatable bonds is 19. The summed E-state index contributed by atoms with van der Waals surface area (Å²) in [5.41, 5.74) is 6.34. The Morgan fingerprint density at radius 3 is 1.15 bits per heavy atom. The van der Waals surface area contributed by atoms with Crippen LogP contribution in [0.4, 0.5) is 0 Å². The minimum absolute atomic E-state index is 0.564. The summed E-state index contributed by atoms with van der Waals surface area (Å²) in [6, 6.07) is 0. The third-order valence-electron chi connectivity index (χ3n) is 5.51. The second-order valence-corrected chi connectivity index (χ2v) is 7.82. The Balaban J connectivity index is 6.39. The monoisotopic (exact) mass is 498 g/mol. The summed E-state index contributed by atoms with van der Waals surface area (Å²) in [7, 11) is 0. The fourth-order valence-electron chi connectivity index (χ4n) is 3.62. The molecule has 0 rings (SSSR count). The molecule has 0 fully saturated rings. The summed E-state index contributed by atoms with van der Waals surface area (Å²) >= 11 is 0. The van der Waals surface area contributed by atoms with E-state index < -0.39 is 112 Å². The number of amides is 2. The van der Waals surface area contributed by atoms with Gasteiger partial charge in [-0.25, -0.2) is 0 Å². The second-order valence-electron chi connectivity index (χ2n) is 7.82. The molecule has 0 bridgehead atoms. The maximum atomic E-state index is 12.2. The maximum absolute atomic E-state index is 12.2. The third-order valence-corrected chi connectivity index (χ3v) is 5.51. The Kier molecular flexibility index (Phi) is 13.1. The normalized spacial score (nSPS) is 17.1. The molecule has 0 aromatic rings. The van der Waals surface area contributed by atoms with Gasteiger partial charge in [-0.05, 0) is 0 Å². The predicted octanol–water partition coefficient (Wildman–Crippen LogP) is -6.32. The number of hydrogen-bond donors (Lipinski definition) is 10. The molecule has 0 radical (unpaired) electrons. The third kappa shape index (κ3) is 8.10. The largest absolute Gasteiger partial charge is 0.480 e. The zero-order valence-electron chi connectivity index (χ0n) is 18.5. The van der Waals surface area contributed by atoms with Crippen LogP contribution in [0.1, 0.15) is 12.8 Å². The molecular weight excluding hydrogens is 464 g/mol. The average molecular weight is 498 g/mol. The van der Waals surface area contributed by atoms with E-state index in [1.807, 2.05) is 0 Å². The van der Waals surface area contributed by atoms with Gasteiger partial charge >= 0.3 is 11.9 Å². The van der Waals surface area contributed by atoms with E-state index in [4.69, 9.17) is 21.7 Å². The molecule has 0 spiro atoms. The summed E-state index contributed by atoms with van der Waals surface area (Å²) in [5.74, 6) is -5.51. The highest BCUT2D eigenvalue weighted by Gasteiger charge is 2.47. The number of aliphatic hydroxyl groups is 6. The van der Waals surface area contributed by atoms with Gasteiger partial charge in [-0.2, -0.15) is 0 Å². The van der Waals surface area contributed by atoms with Crippen LogP contribution >= 0.6 is 0 Å². The van der Waals surface area contributed by atoms with Crippen LogP contribution in [0.15, 0.2) is 0 Å². The molecule has 0 saturated carbocycles. The van der Waals surface area contributed by atoms with Crippen molar-refractivity contribution in [1.82, 2.24) is 9.80 Å². The molecule has 0 heterocycles. The van der Waals surface area contributed by atoms with E-state index in [0.717, 1.165) is 9.80 Å². The fraction of sp³-hybridized carbons (Fsp3) is 0.778. The molecule has 0 aliphatic rings. The number of primary amides is 2. The van der Waals surface area contributed by atoms with Gasteiger partial charge in [-0.15, -0.1) is 0 Å². The number of nitrogens with two attached hydrogens (primary N) is 2. The van der Waals surface area contributed by atoms with Crippen molar-refractivity contribution in [3.63, 3.8) is 0 Å². The average Bonchev–Trinajstić information content (AvgIpc) is 2.76. The molecular formula is C18H34N4O12. The van der Waals surface area contributed by atoms with E-state index in [2.05, 4.69) is 0 Å². The van der Waals surface area contributed by atoms with Gasteiger partial charge in [0.1, 0.15) is 11.1 Å². The highest BCUT2D eigenvalue weighted by molar-refractivity contribution is 5.86. The number of carbonyl (C=O) groups excluding carboxylic acids is 2. The Morgan fingerprint density at radius 1 is 0.676 bits per heavy atom. The fourth-order valence-corrected chi connectivity index (χ4v) is 3.62. The molecule has 198 valence electrons. The van der Waals surface area contributed by atoms with Crippen LogP contribution in [-0.4, -0.2) is 150 Å². The van der Waals surface area contributed by atoms with Gasteiger partial charge in [0.15, 0.2) is 0 Å². The van der Waals surface area contributed by atoms with Crippen LogP contribution < -0.4 is 11.5 Å². The lowest BCUT2D eigenvalue weighted by Gasteiger charge is -2.44. The van der Waals surface area contributed by atoms with Gasteiger partial charge in [-0.1, -0.05) is 0 Å². The molecule has 16 nitrogen and oxygen atoms in total. The molecule has 0 saturated heterocycles. The summed E-state index contributed by atoms with van der Waals surface area (Å²) < 4.78 is 0. The summed E-state index contributed by atoms with van der Waals surface area (Å²) in [4.78, 5) is 49.0. The minimum atomic E-state index is -2.21. The predicted molar refractivity (Wildman–Crippen MR) is 112 cm³/mol.